The van der Waals surface area contributed by atoms with Crippen LogP contribution in [0.25, 0.3) is 5.70 Å². The van der Waals surface area contributed by atoms with Crippen LogP contribution in [0.15, 0.2) is 27.9 Å². The van der Waals surface area contributed by atoms with Gasteiger partial charge in [-0.15, -0.1) is 0 Å². The molecule has 1 amide bonds. The molecule has 11 heteroatoms. The summed E-state index contributed by atoms with van der Waals surface area (Å²) < 4.78 is 36.3. The van der Waals surface area contributed by atoms with Crippen molar-refractivity contribution in [3.8, 4) is 0 Å². The van der Waals surface area contributed by atoms with Gasteiger partial charge in [-0.05, 0) is 50.9 Å². The summed E-state index contributed by atoms with van der Waals surface area (Å²) in [5.74, 6) is 6.73. The molecule has 2 aliphatic rings. The SMILES string of the molecule is C=N/C(=C1/c2cc[nH]c2N=CN1N)[C@H]1CC[C@H](CNCC(=O)NCC(F)(F)F)CC1. The van der Waals surface area contributed by atoms with Crippen molar-refractivity contribution in [3.63, 3.8) is 0 Å². The maximum atomic E-state index is 12.1. The molecule has 164 valence electrons. The largest absolute Gasteiger partial charge is 0.405 e. The number of hydrogen-bond acceptors (Lipinski definition) is 6. The first-order valence-electron chi connectivity index (χ1n) is 9.79. The highest BCUT2D eigenvalue weighted by Gasteiger charge is 2.30. The Morgan fingerprint density at radius 2 is 2.10 bits per heavy atom. The number of nitrogens with zero attached hydrogens (tertiary/aromatic N) is 3. The van der Waals surface area contributed by atoms with E-state index in [0.29, 0.717) is 12.5 Å². The lowest BCUT2D eigenvalue weighted by Crippen LogP contribution is -2.40. The van der Waals surface area contributed by atoms with E-state index in [1.54, 1.807) is 12.5 Å². The van der Waals surface area contributed by atoms with Crippen LogP contribution >= 0.6 is 0 Å². The van der Waals surface area contributed by atoms with E-state index in [4.69, 9.17) is 5.84 Å². The number of hydrogen-bond donors (Lipinski definition) is 4. The molecule has 1 aromatic rings. The average molecular weight is 425 g/mol. The summed E-state index contributed by atoms with van der Waals surface area (Å²) in [5, 5.41) is 6.27. The number of amides is 1. The number of H-pyrrole nitrogens is 1. The Morgan fingerprint density at radius 1 is 1.37 bits per heavy atom. The Hall–Kier alpha value is -2.66. The highest BCUT2D eigenvalue weighted by molar-refractivity contribution is 5.87. The number of aromatic amines is 1. The minimum absolute atomic E-state index is 0.128. The minimum Gasteiger partial charge on any atom is -0.346 e. The molecule has 0 unspecified atom stereocenters. The molecule has 1 fully saturated rings. The molecule has 0 aromatic carbocycles. The molecule has 0 bridgehead atoms. The molecule has 0 atom stereocenters. The van der Waals surface area contributed by atoms with Gasteiger partial charge < -0.3 is 15.6 Å². The van der Waals surface area contributed by atoms with Crippen molar-refractivity contribution >= 4 is 30.5 Å². The van der Waals surface area contributed by atoms with Crippen LogP contribution in [0, 0.1) is 11.8 Å². The molecule has 0 radical (unpaired) electrons. The van der Waals surface area contributed by atoms with Crippen LogP contribution in [-0.2, 0) is 4.79 Å². The first-order chi connectivity index (χ1) is 14.3. The van der Waals surface area contributed by atoms with Crippen molar-refractivity contribution in [1.29, 1.82) is 0 Å². The van der Waals surface area contributed by atoms with E-state index < -0.39 is 18.6 Å². The number of nitrogens with two attached hydrogens (primary N) is 1. The van der Waals surface area contributed by atoms with Gasteiger partial charge in [-0.3, -0.25) is 14.8 Å². The summed E-state index contributed by atoms with van der Waals surface area (Å²) in [7, 11) is 0. The molecule has 0 spiro atoms. The fraction of sp³-hybridized carbons (Fsp3) is 0.526. The first kappa shape index (κ1) is 22.0. The van der Waals surface area contributed by atoms with Gasteiger partial charge in [0, 0.05) is 17.7 Å². The second kappa shape index (κ2) is 9.43. The molecular weight excluding hydrogens is 399 g/mol. The zero-order valence-electron chi connectivity index (χ0n) is 16.5. The highest BCUT2D eigenvalue weighted by Crippen LogP contribution is 2.40. The molecular formula is C19H26F3N7O. The molecule has 5 N–H and O–H groups in total. The summed E-state index contributed by atoms with van der Waals surface area (Å²) in [5.41, 5.74) is 2.51. The Labute approximate surface area is 172 Å². The third kappa shape index (κ3) is 5.48. The van der Waals surface area contributed by atoms with Crippen LogP contribution in [0.5, 0.6) is 0 Å². The van der Waals surface area contributed by atoms with Crippen molar-refractivity contribution in [2.75, 3.05) is 19.6 Å². The quantitative estimate of drug-likeness (QED) is 0.397. The summed E-state index contributed by atoms with van der Waals surface area (Å²) in [4.78, 5) is 23.1. The monoisotopic (exact) mass is 425 g/mol. The summed E-state index contributed by atoms with van der Waals surface area (Å²) in [6.07, 6.45) is 2.53. The van der Waals surface area contributed by atoms with Gasteiger partial charge in [0.15, 0.2) is 0 Å². The van der Waals surface area contributed by atoms with Gasteiger partial charge in [0.2, 0.25) is 5.91 Å². The van der Waals surface area contributed by atoms with Crippen LogP contribution < -0.4 is 16.5 Å². The van der Waals surface area contributed by atoms with Crippen LogP contribution in [-0.4, -0.2) is 54.8 Å². The number of halogens is 3. The molecule has 0 saturated heterocycles. The van der Waals surface area contributed by atoms with Crippen LogP contribution in [0.2, 0.25) is 0 Å². The van der Waals surface area contributed by atoms with Gasteiger partial charge in [0.25, 0.3) is 0 Å². The summed E-state index contributed by atoms with van der Waals surface area (Å²) >= 11 is 0. The van der Waals surface area contributed by atoms with Crippen molar-refractivity contribution in [2.24, 2.45) is 27.7 Å². The number of alkyl halides is 3. The lowest BCUT2D eigenvalue weighted by Gasteiger charge is -2.32. The van der Waals surface area contributed by atoms with Crippen LogP contribution in [0.4, 0.5) is 19.0 Å². The predicted molar refractivity (Wildman–Crippen MR) is 109 cm³/mol. The molecule has 2 heterocycles. The molecule has 1 aromatic heterocycles. The van der Waals surface area contributed by atoms with Crippen LogP contribution in [0.3, 0.4) is 0 Å². The van der Waals surface area contributed by atoms with E-state index in [1.165, 1.54) is 5.01 Å². The second-order valence-electron chi connectivity index (χ2n) is 7.52. The number of carbonyl (C=O) groups is 1. The van der Waals surface area contributed by atoms with Gasteiger partial charge in [0.1, 0.15) is 18.7 Å². The third-order valence-corrected chi connectivity index (χ3v) is 5.40. The number of rotatable bonds is 7. The summed E-state index contributed by atoms with van der Waals surface area (Å²) in [6, 6.07) is 1.91. The fourth-order valence-corrected chi connectivity index (χ4v) is 3.93. The number of allylic oxidation sites excluding steroid dienone is 1. The smallest absolute Gasteiger partial charge is 0.346 e. The van der Waals surface area contributed by atoms with E-state index in [1.807, 2.05) is 11.4 Å². The highest BCUT2D eigenvalue weighted by atomic mass is 19.4. The van der Waals surface area contributed by atoms with E-state index in [2.05, 4.69) is 27.0 Å². The topological polar surface area (TPSA) is 111 Å². The van der Waals surface area contributed by atoms with Gasteiger partial charge >= 0.3 is 6.18 Å². The minimum atomic E-state index is -4.40. The third-order valence-electron chi connectivity index (χ3n) is 5.40. The van der Waals surface area contributed by atoms with E-state index in [9.17, 15) is 18.0 Å². The van der Waals surface area contributed by atoms with Gasteiger partial charge in [-0.25, -0.2) is 10.8 Å². The zero-order chi connectivity index (χ0) is 21.7. The van der Waals surface area contributed by atoms with Crippen molar-refractivity contribution in [1.82, 2.24) is 20.6 Å². The van der Waals surface area contributed by atoms with E-state index >= 15 is 0 Å². The molecule has 3 rings (SSSR count). The van der Waals surface area contributed by atoms with Crippen LogP contribution in [0.1, 0.15) is 31.2 Å². The predicted octanol–water partition coefficient (Wildman–Crippen LogP) is 2.31. The molecule has 30 heavy (non-hydrogen) atoms. The molecule has 8 nitrogen and oxygen atoms in total. The first-order valence-corrected chi connectivity index (χ1v) is 9.79. The van der Waals surface area contributed by atoms with E-state index in [-0.39, 0.29) is 12.5 Å². The molecule has 1 aliphatic carbocycles. The van der Waals surface area contributed by atoms with Crippen molar-refractivity contribution in [3.05, 3.63) is 23.5 Å². The average Bonchev–Trinajstić information content (AvgIpc) is 3.18. The number of aliphatic imine (C=N–C) groups is 2. The number of nitrogens with one attached hydrogen (secondary N) is 3. The Morgan fingerprint density at radius 3 is 2.77 bits per heavy atom. The number of hydrazine groups is 1. The Balaban J connectivity index is 1.51. The second-order valence-corrected chi connectivity index (χ2v) is 7.52. The summed E-state index contributed by atoms with van der Waals surface area (Å²) in [6.45, 7) is 2.89. The van der Waals surface area contributed by atoms with Gasteiger partial charge in [-0.1, -0.05) is 0 Å². The number of aromatic nitrogens is 1. The maximum absolute atomic E-state index is 12.1. The zero-order valence-corrected chi connectivity index (χ0v) is 16.5. The maximum Gasteiger partial charge on any atom is 0.405 e. The lowest BCUT2D eigenvalue weighted by molar-refractivity contribution is -0.137. The van der Waals surface area contributed by atoms with Crippen molar-refractivity contribution in [2.45, 2.75) is 31.9 Å². The Kier molecular flexibility index (Phi) is 6.93. The Bertz CT molecular complexity index is 822. The van der Waals surface area contributed by atoms with E-state index in [0.717, 1.165) is 48.5 Å². The number of carbonyl (C=O) groups excluding carboxylic acids is 1. The molecule has 1 saturated carbocycles. The van der Waals surface area contributed by atoms with Crippen molar-refractivity contribution < 1.29 is 18.0 Å². The normalized spacial score (nSPS) is 23.1. The fourth-order valence-electron chi connectivity index (χ4n) is 3.93. The standard InChI is InChI=1S/C19H26F3N7O/c1-24-16(17-14-6-7-26-18(14)28-11-29(17)23)13-4-2-12(3-5-13)8-25-9-15(30)27-10-19(20,21)22/h6-7,11-13,25-26H,1-5,8-10,23H2,(H,27,30)/b17-16-/t12-,13-. The van der Waals surface area contributed by atoms with Gasteiger partial charge in [0.05, 0.1) is 17.9 Å². The lowest BCUT2D eigenvalue weighted by atomic mass is 9.79. The molecule has 1 aliphatic heterocycles. The number of fused-ring (bicyclic) bond motifs is 1. The van der Waals surface area contributed by atoms with Gasteiger partial charge in [-0.2, -0.15) is 13.2 Å².